The van der Waals surface area contributed by atoms with Crippen LogP contribution in [0.5, 0.6) is 5.75 Å². The molecular weight excluding hydrogens is 520 g/mol. The van der Waals surface area contributed by atoms with Crippen molar-refractivity contribution in [2.75, 3.05) is 57.8 Å². The van der Waals surface area contributed by atoms with Gasteiger partial charge in [0.25, 0.3) is 5.91 Å². The van der Waals surface area contributed by atoms with Crippen LogP contribution < -0.4 is 9.64 Å². The van der Waals surface area contributed by atoms with Crippen molar-refractivity contribution >= 4 is 40.8 Å². The second-order valence-corrected chi connectivity index (χ2v) is 10.4. The van der Waals surface area contributed by atoms with E-state index >= 15 is 4.39 Å². The standard InChI is InChI=1S/C26H28Cl2FN5O3/c1-4-19(35)32-9-11-34-16(13-32)14-37-24-21(26(34)36)25(33-10-8-31(3)12-15(33)2)30-23(22(24)28)20-17(27)6-5-7-18(20)29/h4-7,15-16H,1,8-14H2,2-3H3/t15-,16+/m0/s1. The van der Waals surface area contributed by atoms with Gasteiger partial charge >= 0.3 is 0 Å². The summed E-state index contributed by atoms with van der Waals surface area (Å²) in [5.74, 6) is -0.491. The number of fused-ring (bicyclic) bond motifs is 2. The third kappa shape index (κ3) is 4.53. The first-order valence-corrected chi connectivity index (χ1v) is 12.9. The Hall–Kier alpha value is -2.88. The van der Waals surface area contributed by atoms with Crippen molar-refractivity contribution in [1.29, 1.82) is 0 Å². The van der Waals surface area contributed by atoms with Gasteiger partial charge in [-0.15, -0.1) is 0 Å². The minimum absolute atomic E-state index is 0.0226. The molecule has 2 atom stereocenters. The predicted molar refractivity (Wildman–Crippen MR) is 141 cm³/mol. The maximum absolute atomic E-state index is 15.0. The van der Waals surface area contributed by atoms with Gasteiger partial charge in [0.1, 0.15) is 28.8 Å². The highest BCUT2D eigenvalue weighted by atomic mass is 35.5. The number of carbonyl (C=O) groups excluding carboxylic acids is 2. The number of hydrogen-bond donors (Lipinski definition) is 0. The van der Waals surface area contributed by atoms with E-state index in [1.807, 2.05) is 11.9 Å². The Balaban J connectivity index is 1.67. The van der Waals surface area contributed by atoms with Gasteiger partial charge in [-0.25, -0.2) is 9.37 Å². The highest BCUT2D eigenvalue weighted by Gasteiger charge is 2.41. The van der Waals surface area contributed by atoms with E-state index in [1.165, 1.54) is 18.2 Å². The molecule has 3 aliphatic rings. The topological polar surface area (TPSA) is 69.2 Å². The zero-order chi connectivity index (χ0) is 26.4. The second kappa shape index (κ2) is 10.1. The number of likely N-dealkylation sites (N-methyl/N-ethyl adjacent to an activating group) is 1. The lowest BCUT2D eigenvalue weighted by Crippen LogP contribution is -2.57. The summed E-state index contributed by atoms with van der Waals surface area (Å²) in [5, 5.41) is 0.183. The molecule has 0 aliphatic carbocycles. The monoisotopic (exact) mass is 547 g/mol. The Kier molecular flexibility index (Phi) is 7.04. The molecule has 2 fully saturated rings. The second-order valence-electron chi connectivity index (χ2n) is 9.66. The number of piperazine rings is 2. The van der Waals surface area contributed by atoms with Crippen LogP contribution in [0.3, 0.4) is 0 Å². The predicted octanol–water partition coefficient (Wildman–Crippen LogP) is 3.57. The normalized spacial score (nSPS) is 22.2. The number of benzene rings is 1. The molecule has 2 saturated heterocycles. The summed E-state index contributed by atoms with van der Waals surface area (Å²) in [6, 6.07) is 4.01. The Morgan fingerprint density at radius 1 is 1.16 bits per heavy atom. The Morgan fingerprint density at radius 2 is 1.92 bits per heavy atom. The van der Waals surface area contributed by atoms with Gasteiger partial charge in [0.2, 0.25) is 5.91 Å². The van der Waals surface area contributed by atoms with E-state index in [9.17, 15) is 9.59 Å². The number of amides is 2. The van der Waals surface area contributed by atoms with Gasteiger partial charge in [-0.2, -0.15) is 0 Å². The number of hydrogen-bond acceptors (Lipinski definition) is 6. The van der Waals surface area contributed by atoms with Gasteiger partial charge in [0, 0.05) is 45.3 Å². The molecule has 1 aromatic heterocycles. The molecule has 196 valence electrons. The van der Waals surface area contributed by atoms with Crippen LogP contribution in [0.4, 0.5) is 10.2 Å². The molecule has 0 saturated carbocycles. The molecular formula is C26H28Cl2FN5O3. The molecule has 0 spiro atoms. The third-order valence-electron chi connectivity index (χ3n) is 7.24. The first-order valence-electron chi connectivity index (χ1n) is 12.2. The van der Waals surface area contributed by atoms with Crippen molar-refractivity contribution in [3.8, 4) is 17.0 Å². The molecule has 0 N–H and O–H groups in total. The van der Waals surface area contributed by atoms with Crippen molar-refractivity contribution in [2.24, 2.45) is 0 Å². The largest absolute Gasteiger partial charge is 0.489 e. The van der Waals surface area contributed by atoms with Crippen LogP contribution in [0.25, 0.3) is 11.3 Å². The quantitative estimate of drug-likeness (QED) is 0.547. The van der Waals surface area contributed by atoms with Crippen molar-refractivity contribution < 1.29 is 18.7 Å². The maximum atomic E-state index is 15.0. The molecule has 0 bridgehead atoms. The number of nitrogens with zero attached hydrogens (tertiary/aromatic N) is 5. The molecule has 8 nitrogen and oxygen atoms in total. The number of pyridine rings is 1. The summed E-state index contributed by atoms with van der Waals surface area (Å²) in [4.78, 5) is 38.7. The van der Waals surface area contributed by atoms with Crippen LogP contribution in [-0.4, -0.2) is 96.5 Å². The lowest BCUT2D eigenvalue weighted by Gasteiger charge is -2.41. The third-order valence-corrected chi connectivity index (χ3v) is 7.91. The Labute approximate surface area is 225 Å². The van der Waals surface area contributed by atoms with Crippen LogP contribution in [0.2, 0.25) is 10.0 Å². The van der Waals surface area contributed by atoms with Crippen LogP contribution in [-0.2, 0) is 4.79 Å². The van der Waals surface area contributed by atoms with E-state index in [1.54, 1.807) is 15.9 Å². The van der Waals surface area contributed by atoms with Crippen LogP contribution in [0, 0.1) is 5.82 Å². The fraction of sp³-hybridized carbons (Fsp3) is 0.423. The number of rotatable bonds is 3. The summed E-state index contributed by atoms with van der Waals surface area (Å²) < 4.78 is 21.2. The molecule has 11 heteroatoms. The van der Waals surface area contributed by atoms with E-state index in [4.69, 9.17) is 32.9 Å². The molecule has 2 aromatic rings. The first kappa shape index (κ1) is 25.8. The molecule has 37 heavy (non-hydrogen) atoms. The molecule has 2 amide bonds. The summed E-state index contributed by atoms with van der Waals surface area (Å²) in [7, 11) is 2.04. The van der Waals surface area contributed by atoms with Gasteiger partial charge in [0.05, 0.1) is 22.3 Å². The fourth-order valence-corrected chi connectivity index (χ4v) is 5.87. The number of anilines is 1. The van der Waals surface area contributed by atoms with Gasteiger partial charge < -0.3 is 24.3 Å². The van der Waals surface area contributed by atoms with Gasteiger partial charge in [0.15, 0.2) is 5.75 Å². The first-order chi connectivity index (χ1) is 17.7. The smallest absolute Gasteiger partial charge is 0.261 e. The summed E-state index contributed by atoms with van der Waals surface area (Å²) >= 11 is 13.2. The maximum Gasteiger partial charge on any atom is 0.261 e. The van der Waals surface area contributed by atoms with Crippen LogP contribution in [0.15, 0.2) is 30.9 Å². The van der Waals surface area contributed by atoms with Gasteiger partial charge in [-0.05, 0) is 32.2 Å². The Morgan fingerprint density at radius 3 is 2.62 bits per heavy atom. The lowest BCUT2D eigenvalue weighted by atomic mass is 10.0. The van der Waals surface area contributed by atoms with Crippen molar-refractivity contribution in [3.63, 3.8) is 0 Å². The molecule has 5 rings (SSSR count). The SMILES string of the molecule is C=CC(=O)N1CCN2C(=O)c3c(N4CCN(C)C[C@@H]4C)nc(-c4c(F)cccc4Cl)c(Cl)c3OC[C@H]2C1. The zero-order valence-corrected chi connectivity index (χ0v) is 22.2. The number of ether oxygens (including phenoxy) is 1. The average Bonchev–Trinajstić information content (AvgIpc) is 3.01. The summed E-state index contributed by atoms with van der Waals surface area (Å²) in [6.45, 7) is 8.90. The minimum atomic E-state index is -0.574. The minimum Gasteiger partial charge on any atom is -0.489 e. The molecule has 0 radical (unpaired) electrons. The van der Waals surface area contributed by atoms with Gasteiger partial charge in [-0.1, -0.05) is 35.8 Å². The van der Waals surface area contributed by atoms with E-state index in [0.717, 1.165) is 13.1 Å². The van der Waals surface area contributed by atoms with Crippen LogP contribution >= 0.6 is 23.2 Å². The summed E-state index contributed by atoms with van der Waals surface area (Å²) in [6.07, 6.45) is 1.27. The van der Waals surface area contributed by atoms with Crippen LogP contribution in [0.1, 0.15) is 17.3 Å². The highest BCUT2D eigenvalue weighted by molar-refractivity contribution is 6.37. The fourth-order valence-electron chi connectivity index (χ4n) is 5.33. The van der Waals surface area contributed by atoms with E-state index in [-0.39, 0.29) is 63.1 Å². The molecule has 1 aromatic carbocycles. The number of aromatic nitrogens is 1. The van der Waals surface area contributed by atoms with Gasteiger partial charge in [-0.3, -0.25) is 9.59 Å². The lowest BCUT2D eigenvalue weighted by molar-refractivity contribution is -0.128. The van der Waals surface area contributed by atoms with E-state index in [2.05, 4.69) is 18.4 Å². The van der Waals surface area contributed by atoms with Crippen molar-refractivity contribution in [2.45, 2.75) is 19.0 Å². The summed E-state index contributed by atoms with van der Waals surface area (Å²) in [5.41, 5.74) is 0.435. The number of halogens is 3. The van der Waals surface area contributed by atoms with E-state index < -0.39 is 5.82 Å². The highest BCUT2D eigenvalue weighted by Crippen LogP contribution is 2.46. The molecule has 3 aliphatic heterocycles. The average molecular weight is 548 g/mol. The Bertz CT molecular complexity index is 1260. The molecule has 0 unspecified atom stereocenters. The number of carbonyl (C=O) groups is 2. The van der Waals surface area contributed by atoms with Crippen molar-refractivity contribution in [1.82, 2.24) is 19.7 Å². The van der Waals surface area contributed by atoms with E-state index in [0.29, 0.717) is 32.0 Å². The molecule has 4 heterocycles. The zero-order valence-electron chi connectivity index (χ0n) is 20.7. The van der Waals surface area contributed by atoms with Crippen molar-refractivity contribution in [3.05, 3.63) is 52.3 Å².